The summed E-state index contributed by atoms with van der Waals surface area (Å²) in [7, 11) is 0. The van der Waals surface area contributed by atoms with Gasteiger partial charge in [-0.2, -0.15) is 0 Å². The molecule has 0 radical (unpaired) electrons. The average Bonchev–Trinajstić information content (AvgIpc) is 2.17. The number of aliphatic hydroxyl groups is 1. The van der Waals surface area contributed by atoms with E-state index in [4.69, 9.17) is 5.11 Å². The van der Waals surface area contributed by atoms with Crippen molar-refractivity contribution in [2.75, 3.05) is 6.61 Å². The van der Waals surface area contributed by atoms with Crippen molar-refractivity contribution < 1.29 is 5.11 Å². The van der Waals surface area contributed by atoms with Gasteiger partial charge in [-0.05, 0) is 36.7 Å². The summed E-state index contributed by atoms with van der Waals surface area (Å²) in [6.07, 6.45) is 8.69. The SMILES string of the molecule is CC/C(=C\C1CCC(C)CC1)CO. The highest BCUT2D eigenvalue weighted by molar-refractivity contribution is 5.04. The molecule has 1 aliphatic carbocycles. The molecule has 1 aliphatic rings. The molecule has 1 rings (SSSR count). The van der Waals surface area contributed by atoms with Crippen LogP contribution in [-0.4, -0.2) is 11.7 Å². The van der Waals surface area contributed by atoms with Gasteiger partial charge in [-0.3, -0.25) is 0 Å². The lowest BCUT2D eigenvalue weighted by molar-refractivity contribution is 0.312. The van der Waals surface area contributed by atoms with E-state index in [0.717, 1.165) is 18.3 Å². The van der Waals surface area contributed by atoms with E-state index in [2.05, 4.69) is 19.9 Å². The molecule has 1 heteroatoms. The number of hydrogen-bond donors (Lipinski definition) is 1. The molecule has 0 aromatic heterocycles. The van der Waals surface area contributed by atoms with Gasteiger partial charge in [-0.25, -0.2) is 0 Å². The largest absolute Gasteiger partial charge is 0.392 e. The topological polar surface area (TPSA) is 20.2 Å². The van der Waals surface area contributed by atoms with Gasteiger partial charge in [0.2, 0.25) is 0 Å². The number of hydrogen-bond acceptors (Lipinski definition) is 1. The lowest BCUT2D eigenvalue weighted by atomic mass is 9.82. The highest BCUT2D eigenvalue weighted by atomic mass is 16.3. The third-order valence-corrected chi connectivity index (χ3v) is 3.19. The third kappa shape index (κ3) is 3.51. The van der Waals surface area contributed by atoms with Crippen molar-refractivity contribution in [1.82, 2.24) is 0 Å². The molecule has 0 aromatic carbocycles. The number of allylic oxidation sites excluding steroid dienone is 1. The van der Waals surface area contributed by atoms with Crippen LogP contribution in [0, 0.1) is 11.8 Å². The summed E-state index contributed by atoms with van der Waals surface area (Å²) in [5.41, 5.74) is 1.22. The third-order valence-electron chi connectivity index (χ3n) is 3.19. The fraction of sp³-hybridized carbons (Fsp3) is 0.833. The maximum absolute atomic E-state index is 9.04. The van der Waals surface area contributed by atoms with Crippen LogP contribution in [0.5, 0.6) is 0 Å². The molecule has 1 saturated carbocycles. The van der Waals surface area contributed by atoms with Crippen molar-refractivity contribution in [2.45, 2.75) is 46.0 Å². The lowest BCUT2D eigenvalue weighted by Gasteiger charge is -2.24. The monoisotopic (exact) mass is 182 g/mol. The molecule has 13 heavy (non-hydrogen) atoms. The Morgan fingerprint density at radius 3 is 2.38 bits per heavy atom. The first kappa shape index (κ1) is 10.8. The molecule has 0 unspecified atom stereocenters. The van der Waals surface area contributed by atoms with Crippen molar-refractivity contribution in [1.29, 1.82) is 0 Å². The Labute approximate surface area is 81.9 Å². The summed E-state index contributed by atoms with van der Waals surface area (Å²) in [6.45, 7) is 4.71. The van der Waals surface area contributed by atoms with Gasteiger partial charge in [0.25, 0.3) is 0 Å². The maximum atomic E-state index is 9.04. The molecule has 0 atom stereocenters. The van der Waals surface area contributed by atoms with E-state index in [1.807, 2.05) is 0 Å². The van der Waals surface area contributed by atoms with Crippen molar-refractivity contribution in [2.24, 2.45) is 11.8 Å². The molecule has 1 fully saturated rings. The Morgan fingerprint density at radius 2 is 1.92 bits per heavy atom. The van der Waals surface area contributed by atoms with Gasteiger partial charge in [0.1, 0.15) is 0 Å². The molecular weight excluding hydrogens is 160 g/mol. The quantitative estimate of drug-likeness (QED) is 0.665. The second-order valence-electron chi connectivity index (χ2n) is 4.36. The predicted molar refractivity (Wildman–Crippen MR) is 56.6 cm³/mol. The Hall–Kier alpha value is -0.300. The Bertz CT molecular complexity index is 158. The summed E-state index contributed by atoms with van der Waals surface area (Å²) < 4.78 is 0. The minimum atomic E-state index is 0.253. The molecule has 0 aliphatic heterocycles. The fourth-order valence-corrected chi connectivity index (χ4v) is 2.07. The van der Waals surface area contributed by atoms with Crippen molar-refractivity contribution in [3.05, 3.63) is 11.6 Å². The molecule has 0 spiro atoms. The van der Waals surface area contributed by atoms with E-state index in [1.54, 1.807) is 0 Å². The van der Waals surface area contributed by atoms with Gasteiger partial charge in [0, 0.05) is 0 Å². The van der Waals surface area contributed by atoms with Crippen molar-refractivity contribution >= 4 is 0 Å². The van der Waals surface area contributed by atoms with Crippen LogP contribution < -0.4 is 0 Å². The molecule has 1 N–H and O–H groups in total. The highest BCUT2D eigenvalue weighted by Crippen LogP contribution is 2.29. The minimum absolute atomic E-state index is 0.253. The fourth-order valence-electron chi connectivity index (χ4n) is 2.07. The molecule has 0 bridgehead atoms. The molecule has 0 aromatic rings. The molecular formula is C12H22O. The van der Waals surface area contributed by atoms with Crippen LogP contribution in [0.25, 0.3) is 0 Å². The highest BCUT2D eigenvalue weighted by Gasteiger charge is 2.16. The maximum Gasteiger partial charge on any atom is 0.0641 e. The first-order valence-electron chi connectivity index (χ1n) is 5.56. The zero-order valence-electron chi connectivity index (χ0n) is 8.92. The normalized spacial score (nSPS) is 30.5. The van der Waals surface area contributed by atoms with Gasteiger partial charge >= 0.3 is 0 Å². The van der Waals surface area contributed by atoms with E-state index in [9.17, 15) is 0 Å². The van der Waals surface area contributed by atoms with E-state index in [0.29, 0.717) is 0 Å². The molecule has 0 heterocycles. The van der Waals surface area contributed by atoms with Gasteiger partial charge in [0.05, 0.1) is 6.61 Å². The standard InChI is InChI=1S/C12H22O/c1-3-11(9-13)8-12-6-4-10(2)5-7-12/h8,10,12-13H,3-7,9H2,1-2H3/b11-8+. The first-order chi connectivity index (χ1) is 6.26. The Morgan fingerprint density at radius 1 is 1.31 bits per heavy atom. The predicted octanol–water partition coefficient (Wildman–Crippen LogP) is 3.14. The smallest absolute Gasteiger partial charge is 0.0641 e. The second-order valence-corrected chi connectivity index (χ2v) is 4.36. The van der Waals surface area contributed by atoms with Gasteiger partial charge in [-0.1, -0.05) is 32.8 Å². The summed E-state index contributed by atoms with van der Waals surface area (Å²) in [6, 6.07) is 0. The van der Waals surface area contributed by atoms with Crippen LogP contribution in [-0.2, 0) is 0 Å². The van der Waals surface area contributed by atoms with Crippen molar-refractivity contribution in [3.63, 3.8) is 0 Å². The summed E-state index contributed by atoms with van der Waals surface area (Å²) in [5, 5.41) is 9.04. The molecule has 0 amide bonds. The summed E-state index contributed by atoms with van der Waals surface area (Å²) in [5.74, 6) is 1.67. The van der Waals surface area contributed by atoms with Gasteiger partial charge < -0.3 is 5.11 Å². The molecule has 76 valence electrons. The zero-order valence-corrected chi connectivity index (χ0v) is 8.92. The number of aliphatic hydroxyl groups excluding tert-OH is 1. The lowest BCUT2D eigenvalue weighted by Crippen LogP contribution is -2.11. The van der Waals surface area contributed by atoms with E-state index in [1.165, 1.54) is 31.3 Å². The number of rotatable bonds is 3. The van der Waals surface area contributed by atoms with Crippen LogP contribution in [0.3, 0.4) is 0 Å². The van der Waals surface area contributed by atoms with Crippen molar-refractivity contribution in [3.8, 4) is 0 Å². The van der Waals surface area contributed by atoms with Crippen LogP contribution in [0.2, 0.25) is 0 Å². The van der Waals surface area contributed by atoms with Gasteiger partial charge in [0.15, 0.2) is 0 Å². The first-order valence-corrected chi connectivity index (χ1v) is 5.56. The Kier molecular flexibility index (Phi) is 4.51. The van der Waals surface area contributed by atoms with Crippen LogP contribution in [0.15, 0.2) is 11.6 Å². The second kappa shape index (κ2) is 5.43. The van der Waals surface area contributed by atoms with Crippen LogP contribution in [0.4, 0.5) is 0 Å². The van der Waals surface area contributed by atoms with E-state index >= 15 is 0 Å². The summed E-state index contributed by atoms with van der Waals surface area (Å²) >= 11 is 0. The summed E-state index contributed by atoms with van der Waals surface area (Å²) in [4.78, 5) is 0. The van der Waals surface area contributed by atoms with E-state index < -0.39 is 0 Å². The average molecular weight is 182 g/mol. The van der Waals surface area contributed by atoms with E-state index in [-0.39, 0.29) is 6.61 Å². The van der Waals surface area contributed by atoms with Gasteiger partial charge in [-0.15, -0.1) is 0 Å². The molecule has 1 nitrogen and oxygen atoms in total. The minimum Gasteiger partial charge on any atom is -0.392 e. The van der Waals surface area contributed by atoms with Crippen LogP contribution >= 0.6 is 0 Å². The molecule has 0 saturated heterocycles. The zero-order chi connectivity index (χ0) is 9.68. The Balaban J connectivity index is 2.40. The van der Waals surface area contributed by atoms with Crippen LogP contribution in [0.1, 0.15) is 46.0 Å².